The molecule has 4 atom stereocenters. The Labute approximate surface area is 244 Å². The first kappa shape index (κ1) is 30.7. The molecule has 1 unspecified atom stereocenters. The van der Waals surface area contributed by atoms with Crippen LogP contribution in [0.4, 0.5) is 4.79 Å². The van der Waals surface area contributed by atoms with Crippen LogP contribution in [-0.2, 0) is 16.1 Å². The van der Waals surface area contributed by atoms with Crippen LogP contribution in [-0.4, -0.2) is 60.5 Å². The molecule has 0 spiro atoms. The average molecular weight is 567 g/mol. The van der Waals surface area contributed by atoms with E-state index in [1.807, 2.05) is 55.5 Å². The molecule has 2 amide bonds. The minimum atomic E-state index is -0.702. The fraction of sp³-hybridized carbons (Fsp3) is 0.576. The normalized spacial score (nSPS) is 22.3. The summed E-state index contributed by atoms with van der Waals surface area (Å²) in [5.41, 5.74) is 1.29. The third kappa shape index (κ3) is 7.53. The highest BCUT2D eigenvalue weighted by Gasteiger charge is 2.49. The van der Waals surface area contributed by atoms with E-state index in [4.69, 9.17) is 14.2 Å². The fourth-order valence-corrected chi connectivity index (χ4v) is 6.07. The highest BCUT2D eigenvalue weighted by molar-refractivity contribution is 5.86. The number of hydrogen-bond donors (Lipinski definition) is 2. The summed E-state index contributed by atoms with van der Waals surface area (Å²) in [6, 6.07) is 14.7. The summed E-state index contributed by atoms with van der Waals surface area (Å²) in [6.45, 7) is 6.81. The van der Waals surface area contributed by atoms with Crippen LogP contribution in [0, 0.1) is 5.41 Å². The van der Waals surface area contributed by atoms with Crippen molar-refractivity contribution in [3.8, 4) is 11.5 Å². The average Bonchev–Trinajstić information content (AvgIpc) is 3.62. The maximum atomic E-state index is 13.9. The van der Waals surface area contributed by atoms with Crippen molar-refractivity contribution in [3.05, 3.63) is 59.7 Å². The molecule has 2 N–H and O–H groups in total. The van der Waals surface area contributed by atoms with Gasteiger partial charge in [0.2, 0.25) is 5.91 Å². The number of carbonyl (C=O) groups is 2. The third-order valence-electron chi connectivity index (χ3n) is 8.83. The van der Waals surface area contributed by atoms with Gasteiger partial charge in [-0.25, -0.2) is 4.79 Å². The van der Waals surface area contributed by atoms with Crippen molar-refractivity contribution in [2.45, 2.75) is 96.5 Å². The number of nitrogens with one attached hydrogen (secondary N) is 1. The Hall–Kier alpha value is -3.26. The lowest BCUT2D eigenvalue weighted by molar-refractivity contribution is -0.133. The topological polar surface area (TPSA) is 97.3 Å². The first-order chi connectivity index (χ1) is 19.7. The Morgan fingerprint density at radius 3 is 2.51 bits per heavy atom. The molecule has 2 aromatic rings. The van der Waals surface area contributed by atoms with Crippen LogP contribution in [0.2, 0.25) is 0 Å². The number of ether oxygens (including phenoxy) is 3. The zero-order chi connectivity index (χ0) is 29.4. The second-order valence-corrected chi connectivity index (χ2v) is 11.8. The van der Waals surface area contributed by atoms with Gasteiger partial charge in [-0.3, -0.25) is 4.79 Å². The predicted molar refractivity (Wildman–Crippen MR) is 158 cm³/mol. The molecule has 1 saturated carbocycles. The van der Waals surface area contributed by atoms with Gasteiger partial charge in [0, 0.05) is 24.4 Å². The fourth-order valence-electron chi connectivity index (χ4n) is 6.07. The summed E-state index contributed by atoms with van der Waals surface area (Å²) in [5, 5.41) is 13.8. The number of alkyl carbamates (subject to hydrolysis) is 1. The lowest BCUT2D eigenvalue weighted by atomic mass is 9.72. The number of hydrogen-bond acceptors (Lipinski definition) is 6. The zero-order valence-corrected chi connectivity index (χ0v) is 24.9. The number of nitrogens with zero attached hydrogens (tertiary/aromatic N) is 1. The summed E-state index contributed by atoms with van der Waals surface area (Å²) in [4.78, 5) is 28.4. The Balaban J connectivity index is 1.51. The van der Waals surface area contributed by atoms with Crippen molar-refractivity contribution in [2.75, 3.05) is 20.2 Å². The van der Waals surface area contributed by atoms with Gasteiger partial charge in [-0.15, -0.1) is 0 Å². The molecule has 1 aliphatic carbocycles. The van der Waals surface area contributed by atoms with Crippen molar-refractivity contribution in [1.29, 1.82) is 0 Å². The van der Waals surface area contributed by atoms with Gasteiger partial charge >= 0.3 is 6.09 Å². The van der Waals surface area contributed by atoms with Gasteiger partial charge in [-0.1, -0.05) is 63.1 Å². The SMILES string of the molecule is CCCC[C@@H](NC(=O)OCc1ccccc1)C(=O)N1C[C@@H](c2ccc(OC)c(OC3CCCC3)c2)[C@](C)(C(C)O)C1. The summed E-state index contributed by atoms with van der Waals surface area (Å²) in [6.07, 6.45) is 5.51. The van der Waals surface area contributed by atoms with Crippen molar-refractivity contribution < 1.29 is 28.9 Å². The van der Waals surface area contributed by atoms with E-state index in [9.17, 15) is 14.7 Å². The summed E-state index contributed by atoms with van der Waals surface area (Å²) in [5.74, 6) is 1.11. The van der Waals surface area contributed by atoms with Gasteiger partial charge in [0.1, 0.15) is 12.6 Å². The van der Waals surface area contributed by atoms with Gasteiger partial charge < -0.3 is 29.5 Å². The maximum absolute atomic E-state index is 13.9. The zero-order valence-electron chi connectivity index (χ0n) is 24.9. The number of methoxy groups -OCH3 is 1. The molecule has 8 heteroatoms. The molecule has 2 aromatic carbocycles. The van der Waals surface area contributed by atoms with Gasteiger partial charge in [-0.05, 0) is 62.3 Å². The second-order valence-electron chi connectivity index (χ2n) is 11.8. The molecule has 1 heterocycles. The smallest absolute Gasteiger partial charge is 0.408 e. The third-order valence-corrected chi connectivity index (χ3v) is 8.83. The molecule has 224 valence electrons. The molecule has 8 nitrogen and oxygen atoms in total. The van der Waals surface area contributed by atoms with Crippen LogP contribution in [0.15, 0.2) is 48.5 Å². The van der Waals surface area contributed by atoms with Crippen LogP contribution >= 0.6 is 0 Å². The minimum absolute atomic E-state index is 0.125. The highest BCUT2D eigenvalue weighted by Crippen LogP contribution is 2.47. The Kier molecular flexibility index (Phi) is 10.5. The van der Waals surface area contributed by atoms with Gasteiger partial charge in [0.05, 0.1) is 19.3 Å². The number of benzene rings is 2. The lowest BCUT2D eigenvalue weighted by Gasteiger charge is -2.34. The number of likely N-dealkylation sites (tertiary alicyclic amines) is 1. The molecule has 2 aliphatic rings. The van der Waals surface area contributed by atoms with E-state index in [1.54, 1.807) is 18.9 Å². The Morgan fingerprint density at radius 1 is 1.12 bits per heavy atom. The summed E-state index contributed by atoms with van der Waals surface area (Å²) in [7, 11) is 1.64. The van der Waals surface area contributed by atoms with E-state index in [-0.39, 0.29) is 24.5 Å². The van der Waals surface area contributed by atoms with E-state index >= 15 is 0 Å². The van der Waals surface area contributed by atoms with Crippen LogP contribution < -0.4 is 14.8 Å². The van der Waals surface area contributed by atoms with Crippen LogP contribution in [0.5, 0.6) is 11.5 Å². The monoisotopic (exact) mass is 566 g/mol. The van der Waals surface area contributed by atoms with Crippen LogP contribution in [0.3, 0.4) is 0 Å². The predicted octanol–water partition coefficient (Wildman–Crippen LogP) is 5.81. The van der Waals surface area contributed by atoms with E-state index in [2.05, 4.69) is 12.2 Å². The molecule has 1 aliphatic heterocycles. The Bertz CT molecular complexity index is 1150. The molecule has 2 fully saturated rings. The molecule has 0 bridgehead atoms. The molecule has 0 aromatic heterocycles. The largest absolute Gasteiger partial charge is 0.493 e. The first-order valence-electron chi connectivity index (χ1n) is 15.0. The number of aliphatic hydroxyl groups excluding tert-OH is 1. The molecular formula is C33H46N2O6. The quantitative estimate of drug-likeness (QED) is 0.336. The molecular weight excluding hydrogens is 520 g/mol. The number of amides is 2. The Morgan fingerprint density at radius 2 is 1.85 bits per heavy atom. The number of rotatable bonds is 12. The molecule has 1 saturated heterocycles. The van der Waals surface area contributed by atoms with E-state index in [1.165, 1.54) is 12.8 Å². The highest BCUT2D eigenvalue weighted by atomic mass is 16.5. The second kappa shape index (κ2) is 14.1. The van der Waals surface area contributed by atoms with E-state index < -0.39 is 23.7 Å². The van der Waals surface area contributed by atoms with Gasteiger partial charge in [-0.2, -0.15) is 0 Å². The van der Waals surface area contributed by atoms with Crippen molar-refractivity contribution in [2.24, 2.45) is 5.41 Å². The number of unbranched alkanes of at least 4 members (excludes halogenated alkanes) is 1. The van der Waals surface area contributed by atoms with Crippen LogP contribution in [0.1, 0.15) is 82.8 Å². The molecule has 0 radical (unpaired) electrons. The number of carbonyl (C=O) groups excluding carboxylic acids is 2. The maximum Gasteiger partial charge on any atom is 0.408 e. The van der Waals surface area contributed by atoms with Crippen molar-refractivity contribution in [3.63, 3.8) is 0 Å². The standard InChI is InChI=1S/C33H46N2O6/c1-5-6-16-28(34-32(38)40-21-24-12-8-7-9-13-24)31(37)35-20-27(33(3,22-35)23(2)36)25-17-18-29(39-4)30(19-25)41-26-14-10-11-15-26/h7-9,12-13,17-19,23,26-28,36H,5-6,10-11,14-16,20-22H2,1-4H3,(H,34,38)/t23?,27-,28+,33-/m0/s1. The summed E-state index contributed by atoms with van der Waals surface area (Å²) < 4.78 is 17.4. The number of aliphatic hydroxyl groups is 1. The summed E-state index contributed by atoms with van der Waals surface area (Å²) >= 11 is 0. The lowest BCUT2D eigenvalue weighted by Crippen LogP contribution is -2.49. The van der Waals surface area contributed by atoms with Gasteiger partial charge in [0.25, 0.3) is 0 Å². The molecule has 41 heavy (non-hydrogen) atoms. The minimum Gasteiger partial charge on any atom is -0.493 e. The first-order valence-corrected chi connectivity index (χ1v) is 15.0. The van der Waals surface area contributed by atoms with Crippen LogP contribution in [0.25, 0.3) is 0 Å². The van der Waals surface area contributed by atoms with E-state index in [0.29, 0.717) is 31.0 Å². The van der Waals surface area contributed by atoms with E-state index in [0.717, 1.165) is 36.8 Å². The van der Waals surface area contributed by atoms with Crippen molar-refractivity contribution >= 4 is 12.0 Å². The van der Waals surface area contributed by atoms with Gasteiger partial charge in [0.15, 0.2) is 11.5 Å². The molecule has 4 rings (SSSR count). The van der Waals surface area contributed by atoms with Crippen molar-refractivity contribution in [1.82, 2.24) is 10.2 Å².